The minimum Gasteiger partial charge on any atom is -0.296 e. The van der Waals surface area contributed by atoms with Crippen LogP contribution in [0.1, 0.15) is 10.5 Å². The van der Waals surface area contributed by atoms with E-state index in [1.165, 1.54) is 12.1 Å². The van der Waals surface area contributed by atoms with E-state index in [-0.39, 0.29) is 11.5 Å². The molecule has 1 aromatic heterocycles. The Balaban J connectivity index is 2.49. The number of carbonyl (C=O) groups excluding carboxylic acids is 1. The van der Waals surface area contributed by atoms with Crippen LogP contribution in [0.15, 0.2) is 24.3 Å². The van der Waals surface area contributed by atoms with Gasteiger partial charge in [0.25, 0.3) is 0 Å². The second-order valence-corrected chi connectivity index (χ2v) is 2.68. The number of aldehydes is 1. The van der Waals surface area contributed by atoms with E-state index in [1.807, 2.05) is 0 Å². The normalized spacial score (nSPS) is 10.1. The highest BCUT2D eigenvalue weighted by molar-refractivity contribution is 5.82. The van der Waals surface area contributed by atoms with Crippen LogP contribution in [0.3, 0.4) is 0 Å². The molecule has 0 unspecified atom stereocenters. The van der Waals surface area contributed by atoms with Crippen LogP contribution in [-0.2, 0) is 0 Å². The smallest absolute Gasteiger partial charge is 0.172 e. The van der Waals surface area contributed by atoms with Crippen LogP contribution in [0.25, 0.3) is 11.3 Å². The maximum absolute atomic E-state index is 12.6. The Kier molecular flexibility index (Phi) is 2.06. The van der Waals surface area contributed by atoms with Crippen molar-refractivity contribution in [2.75, 3.05) is 0 Å². The maximum Gasteiger partial charge on any atom is 0.172 e. The van der Waals surface area contributed by atoms with E-state index in [2.05, 4.69) is 15.4 Å². The van der Waals surface area contributed by atoms with E-state index in [0.717, 1.165) is 0 Å². The highest BCUT2D eigenvalue weighted by atomic mass is 19.1. The molecule has 1 aromatic carbocycles. The molecule has 0 atom stereocenters. The standard InChI is InChI=1S/C9H6FN3O/c10-7-3-1-6(2-4-7)9-8(5-14)11-13-12-9/h1-5H,(H,11,12,13). The summed E-state index contributed by atoms with van der Waals surface area (Å²) in [5, 5.41) is 9.77. The van der Waals surface area contributed by atoms with E-state index in [9.17, 15) is 9.18 Å². The number of aromatic nitrogens is 3. The third-order valence-electron chi connectivity index (χ3n) is 1.80. The number of nitrogens with one attached hydrogen (secondary N) is 1. The van der Waals surface area contributed by atoms with Crippen molar-refractivity contribution in [2.45, 2.75) is 0 Å². The van der Waals surface area contributed by atoms with Crippen molar-refractivity contribution >= 4 is 6.29 Å². The summed E-state index contributed by atoms with van der Waals surface area (Å²) in [6.07, 6.45) is 0.599. The Morgan fingerprint density at radius 2 is 1.93 bits per heavy atom. The lowest BCUT2D eigenvalue weighted by Gasteiger charge is -1.95. The minimum absolute atomic E-state index is 0.219. The molecule has 14 heavy (non-hydrogen) atoms. The zero-order chi connectivity index (χ0) is 9.97. The third kappa shape index (κ3) is 1.39. The number of nitrogens with zero attached hydrogens (tertiary/aromatic N) is 2. The maximum atomic E-state index is 12.6. The van der Waals surface area contributed by atoms with Crippen LogP contribution in [0, 0.1) is 5.82 Å². The lowest BCUT2D eigenvalue weighted by molar-refractivity contribution is 0.111. The number of aromatic amines is 1. The first-order valence-electron chi connectivity index (χ1n) is 3.93. The number of halogens is 1. The molecule has 0 bridgehead atoms. The van der Waals surface area contributed by atoms with Crippen LogP contribution in [-0.4, -0.2) is 21.7 Å². The molecule has 0 saturated heterocycles. The van der Waals surface area contributed by atoms with E-state index in [0.29, 0.717) is 17.5 Å². The lowest BCUT2D eigenvalue weighted by Crippen LogP contribution is -1.85. The van der Waals surface area contributed by atoms with Gasteiger partial charge in [-0.05, 0) is 24.3 Å². The van der Waals surface area contributed by atoms with Crippen molar-refractivity contribution in [3.8, 4) is 11.3 Å². The molecule has 0 aliphatic heterocycles. The molecule has 2 aromatic rings. The molecular formula is C9H6FN3O. The van der Waals surface area contributed by atoms with Crippen LogP contribution in [0.2, 0.25) is 0 Å². The van der Waals surface area contributed by atoms with Gasteiger partial charge in [0.2, 0.25) is 0 Å². The van der Waals surface area contributed by atoms with E-state index in [4.69, 9.17) is 0 Å². The Morgan fingerprint density at radius 1 is 1.21 bits per heavy atom. The summed E-state index contributed by atoms with van der Waals surface area (Å²) in [6.45, 7) is 0. The van der Waals surface area contributed by atoms with Gasteiger partial charge in [-0.15, -0.1) is 0 Å². The summed E-state index contributed by atoms with van der Waals surface area (Å²) in [6, 6.07) is 5.69. The predicted molar refractivity (Wildman–Crippen MR) is 47.2 cm³/mol. The highest BCUT2D eigenvalue weighted by Crippen LogP contribution is 2.18. The first kappa shape index (κ1) is 8.55. The van der Waals surface area contributed by atoms with Crippen LogP contribution in [0.5, 0.6) is 0 Å². The van der Waals surface area contributed by atoms with Crippen LogP contribution < -0.4 is 0 Å². The second kappa shape index (κ2) is 3.37. The fourth-order valence-corrected chi connectivity index (χ4v) is 1.14. The van der Waals surface area contributed by atoms with E-state index < -0.39 is 0 Å². The molecular weight excluding hydrogens is 185 g/mol. The van der Waals surface area contributed by atoms with Crippen LogP contribution in [0.4, 0.5) is 4.39 Å². The van der Waals surface area contributed by atoms with Gasteiger partial charge in [0, 0.05) is 5.56 Å². The van der Waals surface area contributed by atoms with Crippen LogP contribution >= 0.6 is 0 Å². The van der Waals surface area contributed by atoms with Gasteiger partial charge in [0.15, 0.2) is 12.0 Å². The largest absolute Gasteiger partial charge is 0.296 e. The first-order chi connectivity index (χ1) is 6.81. The average molecular weight is 191 g/mol. The van der Waals surface area contributed by atoms with Crippen molar-refractivity contribution in [1.29, 1.82) is 0 Å². The topological polar surface area (TPSA) is 58.6 Å². The van der Waals surface area contributed by atoms with Crippen molar-refractivity contribution in [2.24, 2.45) is 0 Å². The SMILES string of the molecule is O=Cc1n[nH]nc1-c1ccc(F)cc1. The zero-order valence-corrected chi connectivity index (χ0v) is 7.07. The third-order valence-corrected chi connectivity index (χ3v) is 1.80. The quantitative estimate of drug-likeness (QED) is 0.730. The molecule has 4 nitrogen and oxygen atoms in total. The molecule has 70 valence electrons. The number of hydrogen-bond donors (Lipinski definition) is 1. The Hall–Kier alpha value is -2.04. The zero-order valence-electron chi connectivity index (χ0n) is 7.07. The summed E-state index contributed by atoms with van der Waals surface area (Å²) in [5.41, 5.74) is 1.30. The van der Waals surface area contributed by atoms with Crippen molar-refractivity contribution in [3.63, 3.8) is 0 Å². The number of H-pyrrole nitrogens is 1. The molecule has 0 saturated carbocycles. The first-order valence-corrected chi connectivity index (χ1v) is 3.93. The molecule has 1 N–H and O–H groups in total. The number of carbonyl (C=O) groups is 1. The Morgan fingerprint density at radius 3 is 2.57 bits per heavy atom. The monoisotopic (exact) mass is 191 g/mol. The van der Waals surface area contributed by atoms with E-state index >= 15 is 0 Å². The lowest BCUT2D eigenvalue weighted by atomic mass is 10.1. The van der Waals surface area contributed by atoms with Gasteiger partial charge < -0.3 is 0 Å². The number of benzene rings is 1. The van der Waals surface area contributed by atoms with Gasteiger partial charge in [0.05, 0.1) is 0 Å². The van der Waals surface area contributed by atoms with E-state index in [1.54, 1.807) is 12.1 Å². The van der Waals surface area contributed by atoms with Gasteiger partial charge >= 0.3 is 0 Å². The minimum atomic E-state index is -0.329. The van der Waals surface area contributed by atoms with Crippen molar-refractivity contribution in [3.05, 3.63) is 35.8 Å². The fourth-order valence-electron chi connectivity index (χ4n) is 1.14. The molecule has 0 amide bonds. The summed E-state index contributed by atoms with van der Waals surface area (Å²) in [7, 11) is 0. The van der Waals surface area contributed by atoms with Gasteiger partial charge in [-0.1, -0.05) is 0 Å². The number of rotatable bonds is 2. The Bertz CT molecular complexity index is 449. The van der Waals surface area contributed by atoms with Gasteiger partial charge in [-0.2, -0.15) is 15.4 Å². The molecule has 5 heteroatoms. The molecule has 2 rings (SSSR count). The molecule has 0 spiro atoms. The summed E-state index contributed by atoms with van der Waals surface area (Å²) in [5.74, 6) is -0.329. The van der Waals surface area contributed by atoms with Gasteiger partial charge in [-0.25, -0.2) is 4.39 Å². The predicted octanol–water partition coefficient (Wildman–Crippen LogP) is 1.42. The molecule has 0 aliphatic carbocycles. The highest BCUT2D eigenvalue weighted by Gasteiger charge is 2.08. The Labute approximate surface area is 78.8 Å². The van der Waals surface area contributed by atoms with Gasteiger partial charge in [-0.3, -0.25) is 4.79 Å². The molecule has 0 fully saturated rings. The number of hydrogen-bond acceptors (Lipinski definition) is 3. The summed E-state index contributed by atoms with van der Waals surface area (Å²) in [4.78, 5) is 10.5. The molecule has 0 radical (unpaired) electrons. The summed E-state index contributed by atoms with van der Waals surface area (Å²) >= 11 is 0. The van der Waals surface area contributed by atoms with Crippen molar-refractivity contribution in [1.82, 2.24) is 15.4 Å². The molecule has 0 aliphatic rings. The fraction of sp³-hybridized carbons (Fsp3) is 0. The second-order valence-electron chi connectivity index (χ2n) is 2.68. The summed E-state index contributed by atoms with van der Waals surface area (Å²) < 4.78 is 12.6. The van der Waals surface area contributed by atoms with Gasteiger partial charge in [0.1, 0.15) is 11.5 Å². The van der Waals surface area contributed by atoms with Crippen molar-refractivity contribution < 1.29 is 9.18 Å². The molecule has 1 heterocycles. The average Bonchev–Trinajstić information content (AvgIpc) is 2.67.